The monoisotopic (exact) mass is 262 g/mol. The second-order valence-electron chi connectivity index (χ2n) is 6.30. The third-order valence-electron chi connectivity index (χ3n) is 5.09. The highest BCUT2D eigenvalue weighted by Gasteiger charge is 2.39. The number of fused-ring (bicyclic) bond motifs is 2. The van der Waals surface area contributed by atoms with E-state index in [4.69, 9.17) is 5.73 Å². The van der Waals surface area contributed by atoms with Gasteiger partial charge < -0.3 is 10.6 Å². The van der Waals surface area contributed by atoms with Gasteiger partial charge in [-0.05, 0) is 49.1 Å². The van der Waals surface area contributed by atoms with E-state index < -0.39 is 0 Å². The molecule has 104 valence electrons. The lowest BCUT2D eigenvalue weighted by molar-refractivity contribution is 0.337. The Hall–Kier alpha value is -1.09. The molecule has 3 heteroatoms. The van der Waals surface area contributed by atoms with Crippen LogP contribution >= 0.6 is 0 Å². The molecule has 1 aromatic carbocycles. The van der Waals surface area contributed by atoms with Crippen molar-refractivity contribution in [3.05, 3.63) is 29.6 Å². The molecule has 2 N–H and O–H groups in total. The first-order chi connectivity index (χ1) is 9.17. The van der Waals surface area contributed by atoms with E-state index in [0.717, 1.165) is 30.0 Å². The lowest BCUT2D eigenvalue weighted by Gasteiger charge is -2.28. The highest BCUT2D eigenvalue weighted by Crippen LogP contribution is 2.48. The van der Waals surface area contributed by atoms with Gasteiger partial charge in [0, 0.05) is 31.4 Å². The molecule has 0 radical (unpaired) electrons. The van der Waals surface area contributed by atoms with Crippen molar-refractivity contribution < 1.29 is 4.39 Å². The zero-order chi connectivity index (χ0) is 13.4. The van der Waals surface area contributed by atoms with Crippen LogP contribution in [0.4, 0.5) is 10.1 Å². The molecule has 0 saturated heterocycles. The predicted octanol–water partition coefficient (Wildman–Crippen LogP) is 3.16. The molecule has 0 heterocycles. The van der Waals surface area contributed by atoms with Crippen molar-refractivity contribution >= 4 is 5.69 Å². The average Bonchev–Trinajstić information content (AvgIpc) is 3.00. The third-order valence-corrected chi connectivity index (χ3v) is 5.09. The van der Waals surface area contributed by atoms with Crippen molar-refractivity contribution in [1.29, 1.82) is 0 Å². The van der Waals surface area contributed by atoms with Crippen LogP contribution in [0.3, 0.4) is 0 Å². The number of nitrogens with two attached hydrogens (primary N) is 1. The van der Waals surface area contributed by atoms with Gasteiger partial charge in [-0.25, -0.2) is 4.39 Å². The fourth-order valence-corrected chi connectivity index (χ4v) is 4.00. The summed E-state index contributed by atoms with van der Waals surface area (Å²) in [5.74, 6) is 2.51. The largest absolute Gasteiger partial charge is 0.374 e. The van der Waals surface area contributed by atoms with Crippen LogP contribution < -0.4 is 10.6 Å². The van der Waals surface area contributed by atoms with Crippen molar-refractivity contribution in [2.24, 2.45) is 23.5 Å². The molecule has 2 bridgehead atoms. The highest BCUT2D eigenvalue weighted by atomic mass is 19.1. The lowest BCUT2D eigenvalue weighted by atomic mass is 9.88. The van der Waals surface area contributed by atoms with Crippen LogP contribution in [0.15, 0.2) is 18.2 Å². The maximum absolute atomic E-state index is 13.8. The normalized spacial score (nSPS) is 28.9. The maximum Gasteiger partial charge on any atom is 0.129 e. The molecular formula is C16H23FN2. The fourth-order valence-electron chi connectivity index (χ4n) is 4.00. The zero-order valence-electron chi connectivity index (χ0n) is 11.6. The van der Waals surface area contributed by atoms with Crippen LogP contribution in [0.1, 0.15) is 31.2 Å². The Kier molecular flexibility index (Phi) is 3.48. The molecule has 3 unspecified atom stereocenters. The van der Waals surface area contributed by atoms with Gasteiger partial charge in [-0.2, -0.15) is 0 Å². The minimum Gasteiger partial charge on any atom is -0.374 e. The summed E-state index contributed by atoms with van der Waals surface area (Å²) in [6.07, 6.45) is 5.64. The molecule has 3 rings (SSSR count). The van der Waals surface area contributed by atoms with Gasteiger partial charge in [-0.3, -0.25) is 0 Å². The van der Waals surface area contributed by atoms with E-state index in [2.05, 4.69) is 11.9 Å². The summed E-state index contributed by atoms with van der Waals surface area (Å²) in [4.78, 5) is 2.20. The second kappa shape index (κ2) is 5.12. The van der Waals surface area contributed by atoms with Crippen LogP contribution in [0.5, 0.6) is 0 Å². The molecule has 0 aliphatic heterocycles. The Morgan fingerprint density at radius 2 is 2.16 bits per heavy atom. The van der Waals surface area contributed by atoms with Crippen LogP contribution in [0.25, 0.3) is 0 Å². The van der Waals surface area contributed by atoms with Gasteiger partial charge >= 0.3 is 0 Å². The first-order valence-electron chi connectivity index (χ1n) is 7.37. The highest BCUT2D eigenvalue weighted by molar-refractivity contribution is 5.47. The molecule has 1 aromatic rings. The van der Waals surface area contributed by atoms with Crippen LogP contribution in [0.2, 0.25) is 0 Å². The number of nitrogens with zero attached hydrogens (tertiary/aromatic N) is 1. The Morgan fingerprint density at radius 3 is 2.74 bits per heavy atom. The number of anilines is 1. The Labute approximate surface area is 114 Å². The van der Waals surface area contributed by atoms with Crippen molar-refractivity contribution in [3.8, 4) is 0 Å². The quantitative estimate of drug-likeness (QED) is 0.903. The van der Waals surface area contributed by atoms with Gasteiger partial charge in [0.25, 0.3) is 0 Å². The third kappa shape index (κ3) is 2.48. The summed E-state index contributed by atoms with van der Waals surface area (Å²) in [6, 6.07) is 5.41. The first kappa shape index (κ1) is 12.9. The molecule has 0 amide bonds. The van der Waals surface area contributed by atoms with E-state index in [1.165, 1.54) is 25.7 Å². The zero-order valence-corrected chi connectivity index (χ0v) is 11.6. The molecule has 2 aliphatic rings. The van der Waals surface area contributed by atoms with Gasteiger partial charge in [0.2, 0.25) is 0 Å². The lowest BCUT2D eigenvalue weighted by Crippen LogP contribution is -2.28. The number of rotatable bonds is 4. The van der Waals surface area contributed by atoms with Crippen molar-refractivity contribution in [2.45, 2.75) is 32.2 Å². The average molecular weight is 262 g/mol. The van der Waals surface area contributed by atoms with E-state index in [9.17, 15) is 4.39 Å². The van der Waals surface area contributed by atoms with Crippen LogP contribution in [-0.4, -0.2) is 13.6 Å². The van der Waals surface area contributed by atoms with E-state index in [1.807, 2.05) is 12.1 Å². The first-order valence-corrected chi connectivity index (χ1v) is 7.37. The van der Waals surface area contributed by atoms with E-state index in [-0.39, 0.29) is 12.4 Å². The molecule has 2 fully saturated rings. The van der Waals surface area contributed by atoms with Crippen molar-refractivity contribution in [2.75, 3.05) is 18.5 Å². The minimum atomic E-state index is -0.181. The summed E-state index contributed by atoms with van der Waals surface area (Å²) in [5, 5.41) is 0. The Bertz CT molecular complexity index is 460. The molecular weight excluding hydrogens is 239 g/mol. The second-order valence-corrected chi connectivity index (χ2v) is 6.30. The number of benzene rings is 1. The molecule has 3 atom stereocenters. The number of halogens is 1. The fraction of sp³-hybridized carbons (Fsp3) is 0.625. The topological polar surface area (TPSA) is 29.3 Å². The summed E-state index contributed by atoms with van der Waals surface area (Å²) < 4.78 is 13.8. The van der Waals surface area contributed by atoms with Gasteiger partial charge in [-0.15, -0.1) is 0 Å². The van der Waals surface area contributed by atoms with Crippen molar-refractivity contribution in [1.82, 2.24) is 0 Å². The summed E-state index contributed by atoms with van der Waals surface area (Å²) >= 11 is 0. The summed E-state index contributed by atoms with van der Waals surface area (Å²) in [6.45, 7) is 1.32. The van der Waals surface area contributed by atoms with E-state index in [1.54, 1.807) is 6.07 Å². The minimum absolute atomic E-state index is 0.181. The van der Waals surface area contributed by atoms with Gasteiger partial charge in [0.05, 0.1) is 0 Å². The van der Waals surface area contributed by atoms with E-state index in [0.29, 0.717) is 5.56 Å². The van der Waals surface area contributed by atoms with Gasteiger partial charge in [0.1, 0.15) is 5.82 Å². The maximum atomic E-state index is 13.8. The predicted molar refractivity (Wildman–Crippen MR) is 76.5 cm³/mol. The van der Waals surface area contributed by atoms with Gasteiger partial charge in [0.15, 0.2) is 0 Å². The molecule has 19 heavy (non-hydrogen) atoms. The van der Waals surface area contributed by atoms with Gasteiger partial charge in [-0.1, -0.05) is 12.5 Å². The molecule has 0 spiro atoms. The standard InChI is InChI=1S/C16H23FN2/c1-19(10-14-7-11-2-3-12(14)6-11)15-5-4-13(9-18)16(17)8-15/h4-5,8,11-12,14H,2-3,6-7,9-10,18H2,1H3. The van der Waals surface area contributed by atoms with Crippen LogP contribution in [-0.2, 0) is 6.54 Å². The smallest absolute Gasteiger partial charge is 0.129 e. The molecule has 2 aliphatic carbocycles. The molecule has 2 nitrogen and oxygen atoms in total. The Morgan fingerprint density at radius 1 is 1.32 bits per heavy atom. The number of hydrogen-bond donors (Lipinski definition) is 1. The molecule has 2 saturated carbocycles. The summed E-state index contributed by atoms with van der Waals surface area (Å²) in [5.41, 5.74) is 7.06. The number of hydrogen-bond acceptors (Lipinski definition) is 2. The SMILES string of the molecule is CN(CC1CC2CCC1C2)c1ccc(CN)c(F)c1. The van der Waals surface area contributed by atoms with E-state index >= 15 is 0 Å². The Balaban J connectivity index is 1.67. The van der Waals surface area contributed by atoms with Crippen molar-refractivity contribution in [3.63, 3.8) is 0 Å². The van der Waals surface area contributed by atoms with Crippen LogP contribution in [0, 0.1) is 23.6 Å². The molecule has 0 aromatic heterocycles. The summed E-state index contributed by atoms with van der Waals surface area (Å²) in [7, 11) is 2.07.